The van der Waals surface area contributed by atoms with Crippen LogP contribution in [0.25, 0.3) is 0 Å². The number of carbonyl (C=O) groups excluding carboxylic acids is 1. The van der Waals surface area contributed by atoms with Gasteiger partial charge in [-0.05, 0) is 19.3 Å². The maximum Gasteiger partial charge on any atom is 0.267 e. The maximum absolute atomic E-state index is 11.2. The molecule has 1 aliphatic heterocycles. The average molecular weight is 173 g/mol. The Morgan fingerprint density at radius 2 is 2.36 bits per heavy atom. The largest absolute Gasteiger partial charge is 0.271 e. The fourth-order valence-electron chi connectivity index (χ4n) is 1.60. The van der Waals surface area contributed by atoms with Gasteiger partial charge in [0.1, 0.15) is 0 Å². The molecule has 60 valence electrons. The Morgan fingerprint density at radius 1 is 1.55 bits per heavy atom. The van der Waals surface area contributed by atoms with Crippen LogP contribution >= 0.6 is 11.6 Å². The van der Waals surface area contributed by atoms with Crippen molar-refractivity contribution >= 4 is 23.2 Å². The molecule has 0 aromatic rings. The summed E-state index contributed by atoms with van der Waals surface area (Å²) in [6, 6.07) is 0. The van der Waals surface area contributed by atoms with E-state index in [0.717, 1.165) is 31.4 Å². The van der Waals surface area contributed by atoms with Crippen LogP contribution in [0.3, 0.4) is 0 Å². The predicted octanol–water partition coefficient (Wildman–Crippen LogP) is 1.02. The molecule has 1 atom stereocenters. The fourth-order valence-corrected chi connectivity index (χ4v) is 1.91. The van der Waals surface area contributed by atoms with E-state index >= 15 is 0 Å². The van der Waals surface area contributed by atoms with Gasteiger partial charge in [-0.25, -0.2) is 5.43 Å². The molecule has 4 heteroatoms. The van der Waals surface area contributed by atoms with Crippen LogP contribution in [0.1, 0.15) is 25.7 Å². The summed E-state index contributed by atoms with van der Waals surface area (Å²) >= 11 is 6.08. The van der Waals surface area contributed by atoms with Crippen LogP contribution in [0.15, 0.2) is 5.10 Å². The Kier molecular flexibility index (Phi) is 1.42. The van der Waals surface area contributed by atoms with Gasteiger partial charge in [0.05, 0.1) is 5.71 Å². The first-order valence-electron chi connectivity index (χ1n) is 3.80. The zero-order valence-corrected chi connectivity index (χ0v) is 6.82. The summed E-state index contributed by atoms with van der Waals surface area (Å²) in [5.74, 6) is -0.145. The molecule has 3 nitrogen and oxygen atoms in total. The highest BCUT2D eigenvalue weighted by Gasteiger charge is 2.46. The van der Waals surface area contributed by atoms with Crippen LogP contribution in [0.4, 0.5) is 0 Å². The zero-order chi connectivity index (χ0) is 7.90. The van der Waals surface area contributed by atoms with Gasteiger partial charge in [0.2, 0.25) is 0 Å². The van der Waals surface area contributed by atoms with E-state index in [9.17, 15) is 4.79 Å². The van der Waals surface area contributed by atoms with Crippen LogP contribution in [-0.2, 0) is 4.79 Å². The molecule has 0 bridgehead atoms. The molecule has 1 fully saturated rings. The predicted molar refractivity (Wildman–Crippen MR) is 42.6 cm³/mol. The first kappa shape index (κ1) is 7.10. The Morgan fingerprint density at radius 3 is 3.09 bits per heavy atom. The molecule has 0 radical (unpaired) electrons. The lowest BCUT2D eigenvalue weighted by atomic mass is 9.87. The normalized spacial score (nSPS) is 36.1. The molecule has 1 amide bonds. The number of hydrazone groups is 1. The maximum atomic E-state index is 11.2. The Labute approximate surface area is 69.8 Å². The van der Waals surface area contributed by atoms with Crippen LogP contribution in [0.5, 0.6) is 0 Å². The van der Waals surface area contributed by atoms with Gasteiger partial charge >= 0.3 is 0 Å². The zero-order valence-electron chi connectivity index (χ0n) is 6.06. The van der Waals surface area contributed by atoms with Crippen molar-refractivity contribution in [2.24, 2.45) is 5.10 Å². The molecule has 2 aliphatic rings. The Bertz CT molecular complexity index is 239. The summed E-state index contributed by atoms with van der Waals surface area (Å²) in [5, 5.41) is 3.90. The first-order valence-corrected chi connectivity index (χ1v) is 4.18. The number of alkyl halides is 1. The number of fused-ring (bicyclic) bond motifs is 1. The number of halogens is 1. The Balaban J connectivity index is 2.32. The van der Waals surface area contributed by atoms with Crippen molar-refractivity contribution in [2.75, 3.05) is 0 Å². The second kappa shape index (κ2) is 2.21. The number of rotatable bonds is 0. The lowest BCUT2D eigenvalue weighted by molar-refractivity contribution is -0.121. The molecule has 0 aromatic carbocycles. The molecule has 0 saturated heterocycles. The fraction of sp³-hybridized carbons (Fsp3) is 0.714. The summed E-state index contributed by atoms with van der Waals surface area (Å²) in [4.78, 5) is 10.4. The third kappa shape index (κ3) is 0.872. The number of hydrogen-bond donors (Lipinski definition) is 1. The number of hydrogen-bond acceptors (Lipinski definition) is 2. The standard InChI is InChI=1S/C7H9ClN2O/c8-7-4-2-1-3-5(7)9-10-6(7)11/h1-4H2,(H,10,11). The smallest absolute Gasteiger partial charge is 0.267 e. The second-order valence-electron chi connectivity index (χ2n) is 3.01. The van der Waals surface area contributed by atoms with Gasteiger partial charge < -0.3 is 0 Å². The minimum atomic E-state index is -0.780. The van der Waals surface area contributed by atoms with Gasteiger partial charge in [0.15, 0.2) is 4.87 Å². The summed E-state index contributed by atoms with van der Waals surface area (Å²) in [7, 11) is 0. The quantitative estimate of drug-likeness (QED) is 0.545. The molecular weight excluding hydrogens is 164 g/mol. The molecule has 1 heterocycles. The van der Waals surface area contributed by atoms with Crippen molar-refractivity contribution in [3.05, 3.63) is 0 Å². The minimum absolute atomic E-state index is 0.145. The SMILES string of the molecule is O=C1NN=C2CCCCC12Cl. The first-order chi connectivity index (χ1) is 5.23. The highest BCUT2D eigenvalue weighted by Crippen LogP contribution is 2.34. The van der Waals surface area contributed by atoms with Crippen molar-refractivity contribution < 1.29 is 4.79 Å². The van der Waals surface area contributed by atoms with Gasteiger partial charge in [0, 0.05) is 0 Å². The van der Waals surface area contributed by atoms with E-state index in [1.165, 1.54) is 0 Å². The van der Waals surface area contributed by atoms with E-state index < -0.39 is 4.87 Å². The van der Waals surface area contributed by atoms with Crippen molar-refractivity contribution in [2.45, 2.75) is 30.6 Å². The van der Waals surface area contributed by atoms with Gasteiger partial charge in [-0.2, -0.15) is 5.10 Å². The van der Waals surface area contributed by atoms with Crippen molar-refractivity contribution in [1.82, 2.24) is 5.43 Å². The van der Waals surface area contributed by atoms with Crippen LogP contribution in [0, 0.1) is 0 Å². The highest BCUT2D eigenvalue weighted by molar-refractivity contribution is 6.48. The van der Waals surface area contributed by atoms with E-state index in [0.29, 0.717) is 0 Å². The molecule has 2 rings (SSSR count). The molecule has 1 unspecified atom stereocenters. The molecular formula is C7H9ClN2O. The van der Waals surface area contributed by atoms with Crippen LogP contribution in [0.2, 0.25) is 0 Å². The molecule has 1 saturated carbocycles. The third-order valence-electron chi connectivity index (χ3n) is 2.29. The monoisotopic (exact) mass is 172 g/mol. The molecule has 1 aliphatic carbocycles. The summed E-state index contributed by atoms with van der Waals surface area (Å²) in [6.45, 7) is 0. The van der Waals surface area contributed by atoms with E-state index in [2.05, 4.69) is 10.5 Å². The number of amides is 1. The van der Waals surface area contributed by atoms with Crippen LogP contribution < -0.4 is 5.43 Å². The van der Waals surface area contributed by atoms with Gasteiger partial charge in [-0.1, -0.05) is 6.42 Å². The average Bonchev–Trinajstić information content (AvgIpc) is 2.29. The van der Waals surface area contributed by atoms with Gasteiger partial charge in [-0.15, -0.1) is 11.6 Å². The van der Waals surface area contributed by atoms with E-state index in [1.807, 2.05) is 0 Å². The van der Waals surface area contributed by atoms with E-state index in [4.69, 9.17) is 11.6 Å². The Hall–Kier alpha value is -0.570. The second-order valence-corrected chi connectivity index (χ2v) is 3.65. The van der Waals surface area contributed by atoms with E-state index in [1.54, 1.807) is 0 Å². The number of nitrogens with zero attached hydrogens (tertiary/aromatic N) is 1. The van der Waals surface area contributed by atoms with Crippen molar-refractivity contribution in [3.8, 4) is 0 Å². The molecule has 1 N–H and O–H groups in total. The van der Waals surface area contributed by atoms with Crippen molar-refractivity contribution in [1.29, 1.82) is 0 Å². The van der Waals surface area contributed by atoms with Gasteiger partial charge in [-0.3, -0.25) is 4.79 Å². The summed E-state index contributed by atoms with van der Waals surface area (Å²) in [5.41, 5.74) is 3.25. The lowest BCUT2D eigenvalue weighted by Crippen LogP contribution is -2.41. The molecule has 0 aromatic heterocycles. The molecule has 11 heavy (non-hydrogen) atoms. The number of nitrogens with one attached hydrogen (secondary N) is 1. The number of carbonyl (C=O) groups is 1. The van der Waals surface area contributed by atoms with Crippen LogP contribution in [-0.4, -0.2) is 16.5 Å². The van der Waals surface area contributed by atoms with Gasteiger partial charge in [0.25, 0.3) is 5.91 Å². The van der Waals surface area contributed by atoms with Crippen molar-refractivity contribution in [3.63, 3.8) is 0 Å². The minimum Gasteiger partial charge on any atom is -0.271 e. The highest BCUT2D eigenvalue weighted by atomic mass is 35.5. The molecule has 0 spiro atoms. The summed E-state index contributed by atoms with van der Waals surface area (Å²) in [6.07, 6.45) is 3.72. The lowest BCUT2D eigenvalue weighted by Gasteiger charge is -2.24. The summed E-state index contributed by atoms with van der Waals surface area (Å²) < 4.78 is 0. The van der Waals surface area contributed by atoms with E-state index in [-0.39, 0.29) is 5.91 Å². The third-order valence-corrected chi connectivity index (χ3v) is 2.87. The topological polar surface area (TPSA) is 41.5 Å².